The molecule has 1 atom stereocenters. The summed E-state index contributed by atoms with van der Waals surface area (Å²) in [6.07, 6.45) is 0. The molecule has 17 heavy (non-hydrogen) atoms. The maximum atomic E-state index is 11.9. The molecule has 1 amide bonds. The van der Waals surface area contributed by atoms with Gasteiger partial charge in [0.15, 0.2) is 0 Å². The van der Waals surface area contributed by atoms with Crippen LogP contribution in [0.1, 0.15) is 12.5 Å². The van der Waals surface area contributed by atoms with E-state index in [2.05, 4.69) is 10.1 Å². The van der Waals surface area contributed by atoms with Crippen LogP contribution in [0.4, 0.5) is 8.78 Å². The van der Waals surface area contributed by atoms with E-state index in [4.69, 9.17) is 5.73 Å². The number of carbonyl (C=O) groups is 1. The quantitative estimate of drug-likeness (QED) is 0.819. The minimum Gasteiger partial charge on any atom is -0.435 e. The first-order valence-corrected chi connectivity index (χ1v) is 5.06. The van der Waals surface area contributed by atoms with Gasteiger partial charge >= 0.3 is 6.61 Å². The number of benzene rings is 1. The van der Waals surface area contributed by atoms with Crippen molar-refractivity contribution in [2.45, 2.75) is 26.1 Å². The van der Waals surface area contributed by atoms with Crippen molar-refractivity contribution in [2.75, 3.05) is 0 Å². The van der Waals surface area contributed by atoms with E-state index in [1.165, 1.54) is 12.1 Å². The second kappa shape index (κ2) is 6.15. The number of rotatable bonds is 5. The van der Waals surface area contributed by atoms with Gasteiger partial charge in [-0.05, 0) is 24.6 Å². The largest absolute Gasteiger partial charge is 0.435 e. The molecule has 6 heteroatoms. The van der Waals surface area contributed by atoms with E-state index in [1.807, 2.05) is 0 Å². The van der Waals surface area contributed by atoms with Crippen LogP contribution in [0.2, 0.25) is 0 Å². The predicted octanol–water partition coefficient (Wildman–Crippen LogP) is 1.25. The lowest BCUT2D eigenvalue weighted by Crippen LogP contribution is -2.37. The fourth-order valence-electron chi connectivity index (χ4n) is 1.14. The van der Waals surface area contributed by atoms with E-state index in [0.717, 1.165) is 5.56 Å². The molecular formula is C11H14F2N2O2. The van der Waals surface area contributed by atoms with Gasteiger partial charge in [0.2, 0.25) is 5.91 Å². The number of carbonyl (C=O) groups excluding carboxylic acids is 1. The highest BCUT2D eigenvalue weighted by Gasteiger charge is 2.07. The van der Waals surface area contributed by atoms with Crippen molar-refractivity contribution in [3.8, 4) is 5.75 Å². The number of halogens is 2. The first-order chi connectivity index (χ1) is 7.99. The van der Waals surface area contributed by atoms with Gasteiger partial charge in [-0.3, -0.25) is 4.79 Å². The number of hydrogen-bond acceptors (Lipinski definition) is 3. The number of nitrogens with one attached hydrogen (secondary N) is 1. The Morgan fingerprint density at radius 2 is 2.00 bits per heavy atom. The van der Waals surface area contributed by atoms with Crippen LogP contribution in [0.5, 0.6) is 5.75 Å². The monoisotopic (exact) mass is 244 g/mol. The number of amides is 1. The molecular weight excluding hydrogens is 230 g/mol. The molecule has 0 spiro atoms. The summed E-state index contributed by atoms with van der Waals surface area (Å²) in [5.41, 5.74) is 6.14. The van der Waals surface area contributed by atoms with Crippen LogP contribution >= 0.6 is 0 Å². The summed E-state index contributed by atoms with van der Waals surface area (Å²) in [5.74, 6) is -0.180. The van der Waals surface area contributed by atoms with Crippen LogP contribution in [0.3, 0.4) is 0 Å². The molecule has 1 rings (SSSR count). The minimum absolute atomic E-state index is 0.0854. The third-order valence-electron chi connectivity index (χ3n) is 2.03. The second-order valence-electron chi connectivity index (χ2n) is 3.53. The number of alkyl halides is 2. The van der Waals surface area contributed by atoms with Gasteiger partial charge in [-0.1, -0.05) is 12.1 Å². The van der Waals surface area contributed by atoms with Gasteiger partial charge in [0.1, 0.15) is 5.75 Å². The smallest absolute Gasteiger partial charge is 0.387 e. The van der Waals surface area contributed by atoms with Crippen molar-refractivity contribution in [2.24, 2.45) is 5.73 Å². The highest BCUT2D eigenvalue weighted by atomic mass is 19.3. The zero-order chi connectivity index (χ0) is 12.8. The number of nitrogens with two attached hydrogens (primary N) is 1. The van der Waals surface area contributed by atoms with Crippen molar-refractivity contribution in [1.29, 1.82) is 0 Å². The Balaban J connectivity index is 2.48. The number of hydrogen-bond donors (Lipinski definition) is 2. The van der Waals surface area contributed by atoms with Crippen LogP contribution in [-0.2, 0) is 11.3 Å². The zero-order valence-corrected chi connectivity index (χ0v) is 9.32. The SMILES string of the molecule is C[C@H](N)C(=O)NCc1ccc(OC(F)F)cc1. The Bertz CT molecular complexity index is 366. The first-order valence-electron chi connectivity index (χ1n) is 5.06. The lowest BCUT2D eigenvalue weighted by molar-refractivity contribution is -0.122. The molecule has 0 saturated carbocycles. The Morgan fingerprint density at radius 1 is 1.41 bits per heavy atom. The van der Waals surface area contributed by atoms with Gasteiger partial charge in [-0.2, -0.15) is 8.78 Å². The summed E-state index contributed by atoms with van der Waals surface area (Å²) in [5, 5.41) is 2.61. The third kappa shape index (κ3) is 4.78. The molecule has 94 valence electrons. The molecule has 0 saturated heterocycles. The van der Waals surface area contributed by atoms with Crippen LogP contribution in [0, 0.1) is 0 Å². The van der Waals surface area contributed by atoms with Gasteiger partial charge < -0.3 is 15.8 Å². The summed E-state index contributed by atoms with van der Waals surface area (Å²) in [4.78, 5) is 11.2. The molecule has 0 aromatic heterocycles. The van der Waals surface area contributed by atoms with Gasteiger partial charge in [0.25, 0.3) is 0 Å². The van der Waals surface area contributed by atoms with Gasteiger partial charge in [0.05, 0.1) is 6.04 Å². The van der Waals surface area contributed by atoms with E-state index in [0.29, 0.717) is 6.54 Å². The molecule has 1 aromatic rings. The van der Waals surface area contributed by atoms with Crippen molar-refractivity contribution >= 4 is 5.91 Å². The van der Waals surface area contributed by atoms with E-state index < -0.39 is 12.7 Å². The zero-order valence-electron chi connectivity index (χ0n) is 9.32. The third-order valence-corrected chi connectivity index (χ3v) is 2.03. The summed E-state index contributed by atoms with van der Waals surface area (Å²) in [6, 6.07) is 5.45. The van der Waals surface area contributed by atoms with Crippen molar-refractivity contribution in [3.63, 3.8) is 0 Å². The summed E-state index contributed by atoms with van der Waals surface area (Å²) in [6.45, 7) is -0.955. The van der Waals surface area contributed by atoms with E-state index in [-0.39, 0.29) is 11.7 Å². The molecule has 0 radical (unpaired) electrons. The van der Waals surface area contributed by atoms with Crippen LogP contribution in [-0.4, -0.2) is 18.6 Å². The lowest BCUT2D eigenvalue weighted by atomic mass is 10.2. The van der Waals surface area contributed by atoms with Crippen molar-refractivity contribution < 1.29 is 18.3 Å². The normalized spacial score (nSPS) is 12.3. The predicted molar refractivity (Wildman–Crippen MR) is 58.6 cm³/mol. The highest BCUT2D eigenvalue weighted by molar-refractivity contribution is 5.80. The van der Waals surface area contributed by atoms with Crippen molar-refractivity contribution in [1.82, 2.24) is 5.32 Å². The summed E-state index contributed by atoms with van der Waals surface area (Å²) >= 11 is 0. The fraction of sp³-hybridized carbons (Fsp3) is 0.364. The Labute approximate surface area is 97.8 Å². The molecule has 0 bridgehead atoms. The first kappa shape index (κ1) is 13.4. The van der Waals surface area contributed by atoms with Crippen molar-refractivity contribution in [3.05, 3.63) is 29.8 Å². The van der Waals surface area contributed by atoms with E-state index in [9.17, 15) is 13.6 Å². The standard InChI is InChI=1S/C11H14F2N2O2/c1-7(14)10(16)15-6-8-2-4-9(5-3-8)17-11(12)13/h2-5,7,11H,6,14H2,1H3,(H,15,16)/t7-/m0/s1. The van der Waals surface area contributed by atoms with Crippen LogP contribution < -0.4 is 15.8 Å². The molecule has 0 heterocycles. The topological polar surface area (TPSA) is 64.4 Å². The summed E-state index contributed by atoms with van der Waals surface area (Å²) < 4.78 is 27.9. The maximum Gasteiger partial charge on any atom is 0.387 e. The summed E-state index contributed by atoms with van der Waals surface area (Å²) in [7, 11) is 0. The molecule has 0 fully saturated rings. The Morgan fingerprint density at radius 3 is 2.47 bits per heavy atom. The minimum atomic E-state index is -2.83. The highest BCUT2D eigenvalue weighted by Crippen LogP contribution is 2.14. The maximum absolute atomic E-state index is 11.9. The lowest BCUT2D eigenvalue weighted by Gasteiger charge is -2.08. The second-order valence-corrected chi connectivity index (χ2v) is 3.53. The van der Waals surface area contributed by atoms with Gasteiger partial charge in [-0.15, -0.1) is 0 Å². The van der Waals surface area contributed by atoms with Crippen LogP contribution in [0.25, 0.3) is 0 Å². The Hall–Kier alpha value is -1.69. The molecule has 0 aliphatic carbocycles. The molecule has 0 unspecified atom stereocenters. The molecule has 0 aliphatic heterocycles. The average molecular weight is 244 g/mol. The molecule has 3 N–H and O–H groups in total. The van der Waals surface area contributed by atoms with Gasteiger partial charge in [-0.25, -0.2) is 0 Å². The van der Waals surface area contributed by atoms with E-state index in [1.54, 1.807) is 19.1 Å². The van der Waals surface area contributed by atoms with Crippen LogP contribution in [0.15, 0.2) is 24.3 Å². The average Bonchev–Trinajstić information content (AvgIpc) is 2.26. The molecule has 0 aliphatic rings. The van der Waals surface area contributed by atoms with E-state index >= 15 is 0 Å². The Kier molecular flexibility index (Phi) is 4.84. The number of ether oxygens (including phenoxy) is 1. The molecule has 4 nitrogen and oxygen atoms in total. The fourth-order valence-corrected chi connectivity index (χ4v) is 1.14. The van der Waals surface area contributed by atoms with Gasteiger partial charge in [0, 0.05) is 6.54 Å². The molecule has 1 aromatic carbocycles.